The molecule has 0 spiro atoms. The number of esters is 1. The second-order valence-corrected chi connectivity index (χ2v) is 4.91. The number of carbonyl (C=O) groups excluding carboxylic acids is 1. The zero-order chi connectivity index (χ0) is 13.0. The highest BCUT2D eigenvalue weighted by atomic mass is 79.9. The highest BCUT2D eigenvalue weighted by Crippen LogP contribution is 2.36. The van der Waals surface area contributed by atoms with E-state index in [4.69, 9.17) is 9.47 Å². The lowest BCUT2D eigenvalue weighted by Gasteiger charge is -2.15. The summed E-state index contributed by atoms with van der Waals surface area (Å²) < 4.78 is 16.7. The van der Waals surface area contributed by atoms with E-state index in [0.717, 1.165) is 8.95 Å². The lowest BCUT2D eigenvalue weighted by Crippen LogP contribution is -2.25. The molecule has 0 heterocycles. The molecule has 0 bridgehead atoms. The van der Waals surface area contributed by atoms with Gasteiger partial charge in [-0.25, -0.2) is 4.79 Å². The molecule has 1 rings (SSSR count). The highest BCUT2D eigenvalue weighted by molar-refractivity contribution is 9.11. The zero-order valence-corrected chi connectivity index (χ0v) is 12.8. The van der Waals surface area contributed by atoms with Crippen LogP contribution in [0.4, 0.5) is 0 Å². The Bertz CT molecular complexity index is 420. The van der Waals surface area contributed by atoms with Gasteiger partial charge in [-0.3, -0.25) is 0 Å². The Morgan fingerprint density at radius 3 is 2.29 bits per heavy atom. The molecule has 0 N–H and O–H groups in total. The van der Waals surface area contributed by atoms with Gasteiger partial charge in [0.1, 0.15) is 11.5 Å². The summed E-state index contributed by atoms with van der Waals surface area (Å²) in [5, 5.41) is 0. The average molecular weight is 368 g/mol. The molecule has 0 aliphatic carbocycles. The Labute approximate surface area is 116 Å². The molecule has 1 atom stereocenters. The van der Waals surface area contributed by atoms with Crippen LogP contribution >= 0.6 is 31.9 Å². The monoisotopic (exact) mass is 366 g/mol. The fourth-order valence-electron chi connectivity index (χ4n) is 1.16. The highest BCUT2D eigenvalue weighted by Gasteiger charge is 2.17. The molecule has 0 amide bonds. The third-order valence-electron chi connectivity index (χ3n) is 2.04. The molecular formula is C11H12Br2O4. The van der Waals surface area contributed by atoms with Crippen molar-refractivity contribution < 1.29 is 19.0 Å². The van der Waals surface area contributed by atoms with Gasteiger partial charge in [-0.1, -0.05) is 0 Å². The summed E-state index contributed by atoms with van der Waals surface area (Å²) in [6.07, 6.45) is -0.679. The number of hydrogen-bond acceptors (Lipinski definition) is 4. The van der Waals surface area contributed by atoms with Crippen molar-refractivity contribution in [1.82, 2.24) is 0 Å². The van der Waals surface area contributed by atoms with Gasteiger partial charge in [0.05, 0.1) is 23.2 Å². The molecule has 0 aliphatic heterocycles. The van der Waals surface area contributed by atoms with Gasteiger partial charge in [-0.15, -0.1) is 0 Å². The van der Waals surface area contributed by atoms with Gasteiger partial charge < -0.3 is 14.2 Å². The SMILES string of the molecule is COC(=O)[C@H](C)Oc1cc(OC)c(Br)cc1Br. The van der Waals surface area contributed by atoms with Crippen LogP contribution in [0.5, 0.6) is 11.5 Å². The minimum absolute atomic E-state index is 0.432. The van der Waals surface area contributed by atoms with Gasteiger partial charge in [0.2, 0.25) is 0 Å². The Hall–Kier alpha value is -0.750. The number of ether oxygens (including phenoxy) is 3. The first kappa shape index (κ1) is 14.3. The molecule has 0 aromatic heterocycles. The first-order chi connectivity index (χ1) is 7.99. The Morgan fingerprint density at radius 1 is 1.18 bits per heavy atom. The largest absolute Gasteiger partial charge is 0.495 e. The summed E-state index contributed by atoms with van der Waals surface area (Å²) in [7, 11) is 2.88. The molecule has 0 saturated carbocycles. The number of halogens is 2. The lowest BCUT2D eigenvalue weighted by atomic mass is 10.3. The van der Waals surface area contributed by atoms with Gasteiger partial charge in [-0.05, 0) is 44.8 Å². The van der Waals surface area contributed by atoms with E-state index in [1.807, 2.05) is 0 Å². The van der Waals surface area contributed by atoms with Gasteiger partial charge >= 0.3 is 5.97 Å². The van der Waals surface area contributed by atoms with E-state index in [-0.39, 0.29) is 0 Å². The average Bonchev–Trinajstić information content (AvgIpc) is 2.31. The summed E-state index contributed by atoms with van der Waals surface area (Å²) in [5.41, 5.74) is 0. The van der Waals surface area contributed by atoms with Crippen LogP contribution in [0.3, 0.4) is 0 Å². The summed E-state index contributed by atoms with van der Waals surface area (Å²) in [6.45, 7) is 1.62. The van der Waals surface area contributed by atoms with E-state index < -0.39 is 12.1 Å². The second kappa shape index (κ2) is 6.26. The number of rotatable bonds is 4. The molecule has 0 fully saturated rings. The fourth-order valence-corrected chi connectivity index (χ4v) is 2.41. The molecule has 0 radical (unpaired) electrons. The molecule has 17 heavy (non-hydrogen) atoms. The van der Waals surface area contributed by atoms with E-state index >= 15 is 0 Å². The molecule has 0 saturated heterocycles. The Balaban J connectivity index is 2.94. The van der Waals surface area contributed by atoms with Crippen LogP contribution in [-0.4, -0.2) is 26.3 Å². The molecule has 4 nitrogen and oxygen atoms in total. The van der Waals surface area contributed by atoms with Crippen molar-refractivity contribution in [1.29, 1.82) is 0 Å². The molecular weight excluding hydrogens is 356 g/mol. The smallest absolute Gasteiger partial charge is 0.346 e. The Morgan fingerprint density at radius 2 is 1.76 bits per heavy atom. The first-order valence-electron chi connectivity index (χ1n) is 4.77. The third kappa shape index (κ3) is 3.61. The number of carbonyl (C=O) groups is 1. The minimum Gasteiger partial charge on any atom is -0.495 e. The van der Waals surface area contributed by atoms with Gasteiger partial charge in [0.15, 0.2) is 6.10 Å². The maximum Gasteiger partial charge on any atom is 0.346 e. The van der Waals surface area contributed by atoms with Crippen molar-refractivity contribution in [2.75, 3.05) is 14.2 Å². The lowest BCUT2D eigenvalue weighted by molar-refractivity contribution is -0.147. The summed E-state index contributed by atoms with van der Waals surface area (Å²) >= 11 is 6.70. The molecule has 0 unspecified atom stereocenters. The normalized spacial score (nSPS) is 11.8. The van der Waals surface area contributed by atoms with Crippen LogP contribution in [-0.2, 0) is 9.53 Å². The van der Waals surface area contributed by atoms with Crippen molar-refractivity contribution in [3.63, 3.8) is 0 Å². The maximum atomic E-state index is 11.2. The van der Waals surface area contributed by atoms with Gasteiger partial charge in [-0.2, -0.15) is 0 Å². The van der Waals surface area contributed by atoms with Crippen LogP contribution in [0.1, 0.15) is 6.92 Å². The van der Waals surface area contributed by atoms with E-state index in [1.54, 1.807) is 26.2 Å². The third-order valence-corrected chi connectivity index (χ3v) is 3.28. The second-order valence-electron chi connectivity index (χ2n) is 3.20. The molecule has 6 heteroatoms. The van der Waals surface area contributed by atoms with E-state index in [0.29, 0.717) is 11.5 Å². The Kier molecular flexibility index (Phi) is 5.27. The molecule has 1 aromatic rings. The summed E-state index contributed by atoms with van der Waals surface area (Å²) in [4.78, 5) is 11.2. The zero-order valence-electron chi connectivity index (χ0n) is 9.62. The minimum atomic E-state index is -0.679. The number of methoxy groups -OCH3 is 2. The van der Waals surface area contributed by atoms with Crippen molar-refractivity contribution in [3.05, 3.63) is 21.1 Å². The summed E-state index contributed by atoms with van der Waals surface area (Å²) in [5.74, 6) is 0.710. The van der Waals surface area contributed by atoms with Gasteiger partial charge in [0.25, 0.3) is 0 Å². The van der Waals surface area contributed by atoms with Crippen LogP contribution < -0.4 is 9.47 Å². The number of benzene rings is 1. The maximum absolute atomic E-state index is 11.2. The first-order valence-corrected chi connectivity index (χ1v) is 6.35. The fraction of sp³-hybridized carbons (Fsp3) is 0.364. The van der Waals surface area contributed by atoms with Crippen molar-refractivity contribution in [3.8, 4) is 11.5 Å². The van der Waals surface area contributed by atoms with Crippen molar-refractivity contribution >= 4 is 37.8 Å². The predicted octanol–water partition coefficient (Wildman–Crippen LogP) is 3.16. The molecule has 1 aromatic carbocycles. The van der Waals surface area contributed by atoms with E-state index in [9.17, 15) is 4.79 Å². The molecule has 94 valence electrons. The van der Waals surface area contributed by atoms with Crippen molar-refractivity contribution in [2.45, 2.75) is 13.0 Å². The quantitative estimate of drug-likeness (QED) is 0.767. The number of hydrogen-bond donors (Lipinski definition) is 0. The molecule has 0 aliphatic rings. The van der Waals surface area contributed by atoms with Crippen LogP contribution in [0, 0.1) is 0 Å². The van der Waals surface area contributed by atoms with Crippen LogP contribution in [0.25, 0.3) is 0 Å². The van der Waals surface area contributed by atoms with Crippen LogP contribution in [0.2, 0.25) is 0 Å². The van der Waals surface area contributed by atoms with Crippen LogP contribution in [0.15, 0.2) is 21.1 Å². The van der Waals surface area contributed by atoms with Gasteiger partial charge in [0, 0.05) is 6.07 Å². The van der Waals surface area contributed by atoms with Crippen molar-refractivity contribution in [2.24, 2.45) is 0 Å². The standard InChI is InChI=1S/C11H12Br2O4/c1-6(11(14)16-3)17-10-5-9(15-2)7(12)4-8(10)13/h4-6H,1-3H3/t6-/m0/s1. The van der Waals surface area contributed by atoms with E-state index in [1.165, 1.54) is 7.11 Å². The predicted molar refractivity (Wildman–Crippen MR) is 70.5 cm³/mol. The summed E-state index contributed by atoms with van der Waals surface area (Å²) in [6, 6.07) is 3.48. The van der Waals surface area contributed by atoms with E-state index in [2.05, 4.69) is 36.6 Å². The topological polar surface area (TPSA) is 44.8 Å².